The van der Waals surface area contributed by atoms with Crippen LogP contribution < -0.4 is 0 Å². The summed E-state index contributed by atoms with van der Waals surface area (Å²) in [6.07, 6.45) is 11.5. The van der Waals surface area contributed by atoms with Crippen LogP contribution in [0.4, 0.5) is 0 Å². The van der Waals surface area contributed by atoms with E-state index in [1.54, 1.807) is 0 Å². The first-order valence-corrected chi connectivity index (χ1v) is 7.41. The fourth-order valence-corrected chi connectivity index (χ4v) is 4.26. The quantitative estimate of drug-likeness (QED) is 0.747. The van der Waals surface area contributed by atoms with Crippen molar-refractivity contribution in [2.45, 2.75) is 77.2 Å². The number of hydrogen-bond donors (Lipinski definition) is 1. The van der Waals surface area contributed by atoms with Crippen LogP contribution in [0.15, 0.2) is 0 Å². The molecule has 0 saturated heterocycles. The highest BCUT2D eigenvalue weighted by molar-refractivity contribution is 4.97. The number of hydrogen-bond acceptors (Lipinski definition) is 1. The predicted molar refractivity (Wildman–Crippen MR) is 68.3 cm³/mol. The molecule has 94 valence electrons. The number of aliphatic hydroxyl groups is 1. The third-order valence-electron chi connectivity index (χ3n) is 5.39. The molecule has 0 aromatic carbocycles. The zero-order valence-corrected chi connectivity index (χ0v) is 11.0. The molecular formula is C15H28O. The van der Waals surface area contributed by atoms with Crippen molar-refractivity contribution < 1.29 is 5.11 Å². The zero-order chi connectivity index (χ0) is 11.6. The fraction of sp³-hybridized carbons (Fsp3) is 1.00. The molecule has 2 aliphatic carbocycles. The Kier molecular flexibility index (Phi) is 3.94. The van der Waals surface area contributed by atoms with E-state index in [1.807, 2.05) is 0 Å². The Balaban J connectivity index is 2.12. The summed E-state index contributed by atoms with van der Waals surface area (Å²) in [4.78, 5) is 0. The molecule has 2 rings (SSSR count). The minimum atomic E-state index is -0.320. The molecule has 2 saturated carbocycles. The molecular weight excluding hydrogens is 196 g/mol. The molecule has 1 heteroatoms. The summed E-state index contributed by atoms with van der Waals surface area (Å²) in [6.45, 7) is 4.58. The molecule has 4 atom stereocenters. The van der Waals surface area contributed by atoms with Crippen molar-refractivity contribution in [2.24, 2.45) is 17.8 Å². The van der Waals surface area contributed by atoms with Crippen molar-refractivity contribution in [1.82, 2.24) is 0 Å². The first-order chi connectivity index (χ1) is 7.68. The van der Waals surface area contributed by atoms with Gasteiger partial charge in [0.2, 0.25) is 0 Å². The molecule has 1 nitrogen and oxygen atoms in total. The van der Waals surface area contributed by atoms with Crippen LogP contribution in [0.3, 0.4) is 0 Å². The lowest BCUT2D eigenvalue weighted by Gasteiger charge is -2.49. The minimum absolute atomic E-state index is 0.320. The van der Waals surface area contributed by atoms with E-state index in [0.29, 0.717) is 11.8 Å². The van der Waals surface area contributed by atoms with Gasteiger partial charge in [0, 0.05) is 0 Å². The van der Waals surface area contributed by atoms with Crippen LogP contribution in [0, 0.1) is 17.8 Å². The van der Waals surface area contributed by atoms with Crippen LogP contribution in [-0.2, 0) is 0 Å². The second-order valence-corrected chi connectivity index (χ2v) is 6.20. The molecule has 0 heterocycles. The molecule has 4 unspecified atom stereocenters. The first kappa shape index (κ1) is 12.4. The van der Waals surface area contributed by atoms with Crippen molar-refractivity contribution in [3.05, 3.63) is 0 Å². The molecule has 16 heavy (non-hydrogen) atoms. The molecule has 0 spiro atoms. The van der Waals surface area contributed by atoms with Gasteiger partial charge < -0.3 is 5.11 Å². The van der Waals surface area contributed by atoms with Crippen LogP contribution in [0.5, 0.6) is 0 Å². The monoisotopic (exact) mass is 224 g/mol. The van der Waals surface area contributed by atoms with E-state index in [4.69, 9.17) is 0 Å². The van der Waals surface area contributed by atoms with Gasteiger partial charge in [-0.05, 0) is 37.0 Å². The highest BCUT2D eigenvalue weighted by Gasteiger charge is 2.46. The summed E-state index contributed by atoms with van der Waals surface area (Å²) < 4.78 is 0. The molecule has 2 fully saturated rings. The standard InChI is InChI=1S/C15H28O/c1-3-13-9-4-5-10-14(13)15(16)11-7-6-8-12(15)2/h12-14,16H,3-11H2,1-2H3. The van der Waals surface area contributed by atoms with E-state index < -0.39 is 0 Å². The molecule has 0 radical (unpaired) electrons. The van der Waals surface area contributed by atoms with Gasteiger partial charge in [0.15, 0.2) is 0 Å². The Morgan fingerprint density at radius 3 is 2.44 bits per heavy atom. The average Bonchev–Trinajstić information content (AvgIpc) is 2.33. The van der Waals surface area contributed by atoms with E-state index in [1.165, 1.54) is 51.4 Å². The third kappa shape index (κ3) is 2.16. The average molecular weight is 224 g/mol. The summed E-state index contributed by atoms with van der Waals surface area (Å²) in [5.41, 5.74) is -0.320. The normalized spacial score (nSPS) is 45.6. The van der Waals surface area contributed by atoms with Gasteiger partial charge in [-0.15, -0.1) is 0 Å². The van der Waals surface area contributed by atoms with E-state index in [-0.39, 0.29) is 5.60 Å². The van der Waals surface area contributed by atoms with E-state index in [2.05, 4.69) is 13.8 Å². The molecule has 0 aromatic heterocycles. The lowest BCUT2D eigenvalue weighted by atomic mass is 9.61. The van der Waals surface area contributed by atoms with Crippen LogP contribution in [0.1, 0.15) is 71.6 Å². The SMILES string of the molecule is CCC1CCCCC1C1(O)CCCCC1C. The van der Waals surface area contributed by atoms with Crippen LogP contribution in [-0.4, -0.2) is 10.7 Å². The summed E-state index contributed by atoms with van der Waals surface area (Å²) in [5, 5.41) is 11.1. The molecule has 0 aromatic rings. The lowest BCUT2D eigenvalue weighted by molar-refractivity contribution is -0.117. The molecule has 1 N–H and O–H groups in total. The van der Waals surface area contributed by atoms with E-state index >= 15 is 0 Å². The minimum Gasteiger partial charge on any atom is -0.389 e. The molecule has 0 amide bonds. The first-order valence-electron chi connectivity index (χ1n) is 7.41. The summed E-state index contributed by atoms with van der Waals surface area (Å²) in [6, 6.07) is 0. The van der Waals surface area contributed by atoms with Crippen molar-refractivity contribution >= 4 is 0 Å². The van der Waals surface area contributed by atoms with Gasteiger partial charge in [0.25, 0.3) is 0 Å². The smallest absolute Gasteiger partial charge is 0.0703 e. The van der Waals surface area contributed by atoms with Gasteiger partial charge in [-0.2, -0.15) is 0 Å². The highest BCUT2D eigenvalue weighted by atomic mass is 16.3. The fourth-order valence-electron chi connectivity index (χ4n) is 4.26. The maximum atomic E-state index is 11.1. The Labute approximate surface area is 101 Å². The van der Waals surface area contributed by atoms with Gasteiger partial charge in [-0.25, -0.2) is 0 Å². The summed E-state index contributed by atoms with van der Waals surface area (Å²) in [5.74, 6) is 1.92. The zero-order valence-electron chi connectivity index (χ0n) is 11.0. The number of rotatable bonds is 2. The van der Waals surface area contributed by atoms with Gasteiger partial charge in [-0.3, -0.25) is 0 Å². The Bertz CT molecular complexity index is 225. The van der Waals surface area contributed by atoms with Crippen molar-refractivity contribution in [3.63, 3.8) is 0 Å². The molecule has 0 bridgehead atoms. The highest BCUT2D eigenvalue weighted by Crippen LogP contribution is 2.47. The Morgan fingerprint density at radius 2 is 1.75 bits per heavy atom. The van der Waals surface area contributed by atoms with Gasteiger partial charge in [0.05, 0.1) is 5.60 Å². The van der Waals surface area contributed by atoms with Crippen LogP contribution in [0.25, 0.3) is 0 Å². The van der Waals surface area contributed by atoms with Crippen LogP contribution >= 0.6 is 0 Å². The third-order valence-corrected chi connectivity index (χ3v) is 5.39. The largest absolute Gasteiger partial charge is 0.389 e. The van der Waals surface area contributed by atoms with Gasteiger partial charge >= 0.3 is 0 Å². The summed E-state index contributed by atoms with van der Waals surface area (Å²) in [7, 11) is 0. The van der Waals surface area contributed by atoms with E-state index in [9.17, 15) is 5.11 Å². The maximum absolute atomic E-state index is 11.1. The lowest BCUT2D eigenvalue weighted by Crippen LogP contribution is -2.49. The molecule has 2 aliphatic rings. The maximum Gasteiger partial charge on any atom is 0.0703 e. The van der Waals surface area contributed by atoms with E-state index in [0.717, 1.165) is 12.3 Å². The molecule has 0 aliphatic heterocycles. The Morgan fingerprint density at radius 1 is 1.06 bits per heavy atom. The summed E-state index contributed by atoms with van der Waals surface area (Å²) >= 11 is 0. The van der Waals surface area contributed by atoms with Gasteiger partial charge in [-0.1, -0.05) is 52.4 Å². The Hall–Kier alpha value is -0.0400. The van der Waals surface area contributed by atoms with Crippen LogP contribution in [0.2, 0.25) is 0 Å². The van der Waals surface area contributed by atoms with Crippen molar-refractivity contribution in [3.8, 4) is 0 Å². The second-order valence-electron chi connectivity index (χ2n) is 6.20. The van der Waals surface area contributed by atoms with Gasteiger partial charge in [0.1, 0.15) is 0 Å². The predicted octanol–water partition coefficient (Wildman–Crippen LogP) is 4.14. The second kappa shape index (κ2) is 5.08. The topological polar surface area (TPSA) is 20.2 Å². The van der Waals surface area contributed by atoms with Crippen molar-refractivity contribution in [1.29, 1.82) is 0 Å². The van der Waals surface area contributed by atoms with Crippen molar-refractivity contribution in [2.75, 3.05) is 0 Å².